The molecule has 2 heterocycles. The summed E-state index contributed by atoms with van der Waals surface area (Å²) in [6.45, 7) is 5.01. The van der Waals surface area contributed by atoms with E-state index in [2.05, 4.69) is 9.97 Å². The fraction of sp³-hybridized carbons (Fsp3) is 0.583. The number of rotatable bonds is 4. The number of aromatic nitrogens is 2. The van der Waals surface area contributed by atoms with Gasteiger partial charge in [-0.05, 0) is 13.8 Å². The van der Waals surface area contributed by atoms with E-state index in [4.69, 9.17) is 14.6 Å². The number of aliphatic carboxylic acids is 1. The lowest BCUT2D eigenvalue weighted by Gasteiger charge is -2.31. The molecule has 104 valence electrons. The van der Waals surface area contributed by atoms with Crippen LogP contribution in [-0.2, 0) is 9.53 Å². The van der Waals surface area contributed by atoms with Gasteiger partial charge in [-0.15, -0.1) is 0 Å². The van der Waals surface area contributed by atoms with Crippen LogP contribution in [0.3, 0.4) is 0 Å². The quantitative estimate of drug-likeness (QED) is 0.852. The summed E-state index contributed by atoms with van der Waals surface area (Å²) in [4.78, 5) is 21.2. The zero-order chi connectivity index (χ0) is 13.8. The molecule has 0 radical (unpaired) electrons. The maximum absolute atomic E-state index is 10.9. The molecular formula is C12H17N3O4. The van der Waals surface area contributed by atoms with Gasteiger partial charge in [-0.25, -0.2) is 4.79 Å². The van der Waals surface area contributed by atoms with Gasteiger partial charge in [-0.3, -0.25) is 4.98 Å². The summed E-state index contributed by atoms with van der Waals surface area (Å²) in [5.74, 6) is 0.0748. The molecule has 0 saturated carbocycles. The van der Waals surface area contributed by atoms with Gasteiger partial charge in [0.15, 0.2) is 11.9 Å². The third-order valence-electron chi connectivity index (χ3n) is 2.62. The van der Waals surface area contributed by atoms with Crippen molar-refractivity contribution in [2.75, 3.05) is 24.6 Å². The summed E-state index contributed by atoms with van der Waals surface area (Å²) in [5.41, 5.74) is 0. The van der Waals surface area contributed by atoms with Crippen molar-refractivity contribution in [2.45, 2.75) is 26.1 Å². The third kappa shape index (κ3) is 3.54. The number of hydrogen-bond acceptors (Lipinski definition) is 6. The predicted octanol–water partition coefficient (Wildman–Crippen LogP) is 0.554. The molecule has 0 aliphatic carbocycles. The predicted molar refractivity (Wildman–Crippen MR) is 67.4 cm³/mol. The zero-order valence-electron chi connectivity index (χ0n) is 10.9. The van der Waals surface area contributed by atoms with E-state index in [1.807, 2.05) is 18.7 Å². The highest BCUT2D eigenvalue weighted by Gasteiger charge is 2.27. The number of nitrogens with zero attached hydrogens (tertiary/aromatic N) is 3. The first kappa shape index (κ1) is 13.5. The number of ether oxygens (including phenoxy) is 2. The Labute approximate surface area is 111 Å². The van der Waals surface area contributed by atoms with Crippen LogP contribution in [0.2, 0.25) is 0 Å². The van der Waals surface area contributed by atoms with E-state index in [9.17, 15) is 4.79 Å². The Balaban J connectivity index is 2.10. The number of anilines is 1. The van der Waals surface area contributed by atoms with Crippen LogP contribution in [0.1, 0.15) is 13.8 Å². The largest absolute Gasteiger partial charge is 0.479 e. The molecule has 0 bridgehead atoms. The van der Waals surface area contributed by atoms with Gasteiger partial charge in [0.25, 0.3) is 0 Å². The highest BCUT2D eigenvalue weighted by molar-refractivity contribution is 5.73. The van der Waals surface area contributed by atoms with E-state index in [0.717, 1.165) is 0 Å². The molecule has 1 saturated heterocycles. The second kappa shape index (κ2) is 5.83. The molecule has 0 spiro atoms. The Bertz CT molecular complexity index is 452. The number of carboxylic acid groups (broad SMARTS) is 1. The molecule has 1 fully saturated rings. The average molecular weight is 267 g/mol. The average Bonchev–Trinajstić information content (AvgIpc) is 2.38. The molecule has 1 atom stereocenters. The van der Waals surface area contributed by atoms with Crippen LogP contribution in [0.4, 0.5) is 5.82 Å². The van der Waals surface area contributed by atoms with Crippen LogP contribution in [0, 0.1) is 0 Å². The van der Waals surface area contributed by atoms with Gasteiger partial charge in [0.05, 0.1) is 31.6 Å². The SMILES string of the molecule is CC(C)Oc1cncc(N2CCOC(C(=O)O)C2)n1. The second-order valence-corrected chi connectivity index (χ2v) is 4.53. The van der Waals surface area contributed by atoms with E-state index in [0.29, 0.717) is 24.8 Å². The molecule has 1 unspecified atom stereocenters. The van der Waals surface area contributed by atoms with Gasteiger partial charge in [0.1, 0.15) is 0 Å². The van der Waals surface area contributed by atoms with E-state index in [-0.39, 0.29) is 12.6 Å². The Kier molecular flexibility index (Phi) is 4.16. The van der Waals surface area contributed by atoms with Gasteiger partial charge in [-0.2, -0.15) is 4.98 Å². The summed E-state index contributed by atoms with van der Waals surface area (Å²) in [7, 11) is 0. The van der Waals surface area contributed by atoms with Gasteiger partial charge in [-0.1, -0.05) is 0 Å². The normalized spacial score (nSPS) is 19.5. The molecule has 1 aromatic rings. The molecule has 19 heavy (non-hydrogen) atoms. The minimum absolute atomic E-state index is 0.0148. The molecule has 1 aromatic heterocycles. The maximum atomic E-state index is 10.9. The Hall–Kier alpha value is -1.89. The number of morpholine rings is 1. The lowest BCUT2D eigenvalue weighted by molar-refractivity contribution is -0.150. The summed E-state index contributed by atoms with van der Waals surface area (Å²) >= 11 is 0. The topological polar surface area (TPSA) is 84.8 Å². The molecule has 2 rings (SSSR count). The second-order valence-electron chi connectivity index (χ2n) is 4.53. The van der Waals surface area contributed by atoms with Crippen molar-refractivity contribution < 1.29 is 19.4 Å². The first-order valence-electron chi connectivity index (χ1n) is 6.14. The van der Waals surface area contributed by atoms with Crippen LogP contribution in [-0.4, -0.2) is 52.9 Å². The lowest BCUT2D eigenvalue weighted by atomic mass is 10.3. The zero-order valence-corrected chi connectivity index (χ0v) is 10.9. The van der Waals surface area contributed by atoms with Crippen molar-refractivity contribution in [2.24, 2.45) is 0 Å². The van der Waals surface area contributed by atoms with Crippen LogP contribution in [0.25, 0.3) is 0 Å². The van der Waals surface area contributed by atoms with Crippen LogP contribution < -0.4 is 9.64 Å². The Morgan fingerprint density at radius 2 is 2.37 bits per heavy atom. The monoisotopic (exact) mass is 267 g/mol. The smallest absolute Gasteiger partial charge is 0.334 e. The van der Waals surface area contributed by atoms with E-state index >= 15 is 0 Å². The van der Waals surface area contributed by atoms with Gasteiger partial charge in [0.2, 0.25) is 5.88 Å². The Morgan fingerprint density at radius 1 is 1.58 bits per heavy atom. The van der Waals surface area contributed by atoms with Gasteiger partial charge >= 0.3 is 5.97 Å². The van der Waals surface area contributed by atoms with E-state index in [1.54, 1.807) is 12.4 Å². The van der Waals surface area contributed by atoms with Crippen molar-refractivity contribution in [3.8, 4) is 5.88 Å². The number of carboxylic acids is 1. The van der Waals surface area contributed by atoms with Crippen LogP contribution >= 0.6 is 0 Å². The molecular weight excluding hydrogens is 250 g/mol. The summed E-state index contributed by atoms with van der Waals surface area (Å²) in [5, 5.41) is 8.96. The highest BCUT2D eigenvalue weighted by atomic mass is 16.5. The number of hydrogen-bond donors (Lipinski definition) is 1. The van der Waals surface area contributed by atoms with Crippen molar-refractivity contribution in [3.63, 3.8) is 0 Å². The minimum Gasteiger partial charge on any atom is -0.479 e. The molecule has 1 aliphatic heterocycles. The third-order valence-corrected chi connectivity index (χ3v) is 2.62. The summed E-state index contributed by atoms with van der Waals surface area (Å²) in [6, 6.07) is 0. The lowest BCUT2D eigenvalue weighted by Crippen LogP contribution is -2.46. The van der Waals surface area contributed by atoms with Crippen molar-refractivity contribution in [1.29, 1.82) is 0 Å². The first-order chi connectivity index (χ1) is 9.06. The fourth-order valence-electron chi connectivity index (χ4n) is 1.80. The summed E-state index contributed by atoms with van der Waals surface area (Å²) < 4.78 is 10.6. The minimum atomic E-state index is -0.966. The molecule has 1 N–H and O–H groups in total. The molecule has 7 nitrogen and oxygen atoms in total. The Morgan fingerprint density at radius 3 is 3.05 bits per heavy atom. The van der Waals surface area contributed by atoms with Crippen LogP contribution in [0.5, 0.6) is 5.88 Å². The van der Waals surface area contributed by atoms with Gasteiger partial charge in [0, 0.05) is 6.54 Å². The van der Waals surface area contributed by atoms with E-state index in [1.165, 1.54) is 0 Å². The van der Waals surface area contributed by atoms with E-state index < -0.39 is 12.1 Å². The maximum Gasteiger partial charge on any atom is 0.334 e. The van der Waals surface area contributed by atoms with Crippen molar-refractivity contribution in [1.82, 2.24) is 9.97 Å². The van der Waals surface area contributed by atoms with Crippen LogP contribution in [0.15, 0.2) is 12.4 Å². The molecule has 1 aliphatic rings. The fourth-order valence-corrected chi connectivity index (χ4v) is 1.80. The molecule has 7 heteroatoms. The molecule has 0 aromatic carbocycles. The first-order valence-corrected chi connectivity index (χ1v) is 6.14. The number of carbonyl (C=O) groups is 1. The molecule has 0 amide bonds. The van der Waals surface area contributed by atoms with Crippen molar-refractivity contribution in [3.05, 3.63) is 12.4 Å². The standard InChI is InChI=1S/C12H17N3O4/c1-8(2)19-11-6-13-5-10(14-11)15-3-4-18-9(7-15)12(16)17/h5-6,8-9H,3-4,7H2,1-2H3,(H,16,17). The van der Waals surface area contributed by atoms with Crippen molar-refractivity contribution >= 4 is 11.8 Å². The summed E-state index contributed by atoms with van der Waals surface area (Å²) in [6.07, 6.45) is 2.32. The highest BCUT2D eigenvalue weighted by Crippen LogP contribution is 2.18. The van der Waals surface area contributed by atoms with Gasteiger partial charge < -0.3 is 19.5 Å².